The Morgan fingerprint density at radius 3 is 2.55 bits per heavy atom. The Kier molecular flexibility index (Phi) is 3.03. The maximum Gasteiger partial charge on any atom is 0.307 e. The average molecular weight is 277 g/mol. The molecule has 20 heavy (non-hydrogen) atoms. The lowest BCUT2D eigenvalue weighted by Gasteiger charge is -2.26. The molecule has 4 atom stereocenters. The molecule has 2 aliphatic carbocycles. The number of rotatable bonds is 3. The van der Waals surface area contributed by atoms with E-state index in [9.17, 15) is 14.7 Å². The highest BCUT2D eigenvalue weighted by Crippen LogP contribution is 2.52. The second kappa shape index (κ2) is 4.61. The molecule has 108 valence electrons. The number of hydrogen-bond acceptors (Lipinski definition) is 3. The summed E-state index contributed by atoms with van der Waals surface area (Å²) in [7, 11) is 1.81. The smallest absolute Gasteiger partial charge is 0.307 e. The van der Waals surface area contributed by atoms with Crippen LogP contribution >= 0.6 is 0 Å². The third-order valence-electron chi connectivity index (χ3n) is 4.87. The summed E-state index contributed by atoms with van der Waals surface area (Å²) in [6.07, 6.45) is 2.78. The van der Waals surface area contributed by atoms with Crippen LogP contribution in [0.4, 0.5) is 5.82 Å². The molecule has 1 aromatic heterocycles. The summed E-state index contributed by atoms with van der Waals surface area (Å²) in [6, 6.07) is 1.79. The van der Waals surface area contributed by atoms with Crippen molar-refractivity contribution >= 4 is 17.7 Å². The number of aryl methyl sites for hydroxylation is 2. The third-order valence-corrected chi connectivity index (χ3v) is 4.87. The van der Waals surface area contributed by atoms with Crippen LogP contribution in [0.1, 0.15) is 25.0 Å². The third kappa shape index (κ3) is 1.99. The van der Waals surface area contributed by atoms with Gasteiger partial charge in [-0.3, -0.25) is 14.3 Å². The van der Waals surface area contributed by atoms with Crippen molar-refractivity contribution in [1.82, 2.24) is 9.78 Å². The summed E-state index contributed by atoms with van der Waals surface area (Å²) < 4.78 is 1.69. The molecule has 2 fully saturated rings. The van der Waals surface area contributed by atoms with Crippen molar-refractivity contribution in [3.05, 3.63) is 11.8 Å². The first-order chi connectivity index (χ1) is 9.47. The summed E-state index contributed by atoms with van der Waals surface area (Å²) in [5.74, 6) is -1.09. The fourth-order valence-electron chi connectivity index (χ4n) is 3.86. The Morgan fingerprint density at radius 2 is 2.00 bits per heavy atom. The van der Waals surface area contributed by atoms with E-state index in [0.29, 0.717) is 5.82 Å². The largest absolute Gasteiger partial charge is 0.481 e. The summed E-state index contributed by atoms with van der Waals surface area (Å²) >= 11 is 0. The lowest BCUT2D eigenvalue weighted by molar-refractivity contribution is -0.148. The van der Waals surface area contributed by atoms with Crippen molar-refractivity contribution in [3.63, 3.8) is 0 Å². The van der Waals surface area contributed by atoms with Gasteiger partial charge in [0.05, 0.1) is 11.8 Å². The van der Waals surface area contributed by atoms with Crippen LogP contribution in [-0.4, -0.2) is 26.8 Å². The van der Waals surface area contributed by atoms with Crippen LogP contribution < -0.4 is 5.32 Å². The van der Waals surface area contributed by atoms with E-state index < -0.39 is 17.8 Å². The summed E-state index contributed by atoms with van der Waals surface area (Å²) in [4.78, 5) is 23.8. The number of carboxylic acids is 1. The zero-order chi connectivity index (χ0) is 14.4. The second-order valence-corrected chi connectivity index (χ2v) is 6.01. The zero-order valence-corrected chi connectivity index (χ0v) is 11.7. The van der Waals surface area contributed by atoms with Gasteiger partial charge in [-0.05, 0) is 38.0 Å². The molecule has 6 nitrogen and oxygen atoms in total. The van der Waals surface area contributed by atoms with E-state index in [2.05, 4.69) is 10.4 Å². The predicted molar refractivity (Wildman–Crippen MR) is 72.0 cm³/mol. The monoisotopic (exact) mass is 277 g/mol. The second-order valence-electron chi connectivity index (χ2n) is 6.01. The molecule has 1 amide bonds. The van der Waals surface area contributed by atoms with Crippen molar-refractivity contribution in [2.24, 2.45) is 30.7 Å². The molecule has 2 N–H and O–H groups in total. The van der Waals surface area contributed by atoms with Crippen molar-refractivity contribution in [1.29, 1.82) is 0 Å². The SMILES string of the molecule is Cc1cc(NC(=O)[C@@H]2[C@@H]3CC[C@@H](C3)[C@@H]2C(=O)O)nn1C. The molecule has 1 aromatic rings. The Labute approximate surface area is 117 Å². The van der Waals surface area contributed by atoms with Gasteiger partial charge in [-0.15, -0.1) is 0 Å². The molecule has 0 saturated heterocycles. The van der Waals surface area contributed by atoms with E-state index in [1.165, 1.54) is 0 Å². The van der Waals surface area contributed by atoms with Gasteiger partial charge in [0.1, 0.15) is 0 Å². The molecular formula is C14H19N3O3. The number of carbonyl (C=O) groups is 2. The van der Waals surface area contributed by atoms with Gasteiger partial charge >= 0.3 is 5.97 Å². The molecule has 0 aromatic carbocycles. The number of carbonyl (C=O) groups excluding carboxylic acids is 1. The van der Waals surface area contributed by atoms with E-state index >= 15 is 0 Å². The van der Waals surface area contributed by atoms with Crippen molar-refractivity contribution in [3.8, 4) is 0 Å². The van der Waals surface area contributed by atoms with Gasteiger partial charge in [-0.1, -0.05) is 0 Å². The van der Waals surface area contributed by atoms with Gasteiger partial charge in [0.25, 0.3) is 0 Å². The number of aliphatic carboxylic acids is 1. The van der Waals surface area contributed by atoms with Crippen molar-refractivity contribution in [2.75, 3.05) is 5.32 Å². The minimum Gasteiger partial charge on any atom is -0.481 e. The average Bonchev–Trinajstić information content (AvgIpc) is 3.04. The topological polar surface area (TPSA) is 84.2 Å². The highest BCUT2D eigenvalue weighted by atomic mass is 16.4. The van der Waals surface area contributed by atoms with Crippen LogP contribution in [0.2, 0.25) is 0 Å². The van der Waals surface area contributed by atoms with E-state index in [1.54, 1.807) is 10.7 Å². The predicted octanol–water partition coefficient (Wildman–Crippen LogP) is 1.41. The minimum atomic E-state index is -0.838. The number of carboxylic acid groups (broad SMARTS) is 1. The molecule has 2 saturated carbocycles. The molecular weight excluding hydrogens is 258 g/mol. The number of amides is 1. The number of aromatic nitrogens is 2. The summed E-state index contributed by atoms with van der Waals surface area (Å²) in [5.41, 5.74) is 0.947. The van der Waals surface area contributed by atoms with E-state index in [1.807, 2.05) is 14.0 Å². The van der Waals surface area contributed by atoms with Crippen LogP contribution in [0.3, 0.4) is 0 Å². The van der Waals surface area contributed by atoms with Crippen molar-refractivity contribution < 1.29 is 14.7 Å². The summed E-state index contributed by atoms with van der Waals surface area (Å²) in [6.45, 7) is 1.90. The lowest BCUT2D eigenvalue weighted by atomic mass is 9.79. The molecule has 3 rings (SSSR count). The fraction of sp³-hybridized carbons (Fsp3) is 0.643. The van der Waals surface area contributed by atoms with E-state index in [-0.39, 0.29) is 17.7 Å². The van der Waals surface area contributed by atoms with Gasteiger partial charge in [-0.2, -0.15) is 5.10 Å². The first-order valence-corrected chi connectivity index (χ1v) is 7.01. The normalized spacial score (nSPS) is 31.5. The molecule has 0 unspecified atom stereocenters. The molecule has 0 radical (unpaired) electrons. The minimum absolute atomic E-state index is 0.165. The molecule has 6 heteroatoms. The van der Waals surface area contributed by atoms with Gasteiger partial charge in [0, 0.05) is 18.8 Å². The lowest BCUT2D eigenvalue weighted by Crippen LogP contribution is -2.37. The fourth-order valence-corrected chi connectivity index (χ4v) is 3.86. The number of anilines is 1. The molecule has 2 aliphatic rings. The zero-order valence-electron chi connectivity index (χ0n) is 11.7. The van der Waals surface area contributed by atoms with Crippen molar-refractivity contribution in [2.45, 2.75) is 26.2 Å². The number of nitrogens with zero attached hydrogens (tertiary/aromatic N) is 2. The number of hydrogen-bond donors (Lipinski definition) is 2. The Morgan fingerprint density at radius 1 is 1.35 bits per heavy atom. The van der Waals surface area contributed by atoms with Gasteiger partial charge in [0.2, 0.25) is 5.91 Å². The number of fused-ring (bicyclic) bond motifs is 2. The van der Waals surface area contributed by atoms with Crippen LogP contribution in [0.25, 0.3) is 0 Å². The van der Waals surface area contributed by atoms with Crippen LogP contribution in [0, 0.1) is 30.6 Å². The highest BCUT2D eigenvalue weighted by molar-refractivity contribution is 5.95. The first-order valence-electron chi connectivity index (χ1n) is 7.01. The van der Waals surface area contributed by atoms with E-state index in [4.69, 9.17) is 0 Å². The Bertz CT molecular complexity index is 547. The van der Waals surface area contributed by atoms with Crippen LogP contribution in [-0.2, 0) is 16.6 Å². The quantitative estimate of drug-likeness (QED) is 0.875. The molecule has 0 aliphatic heterocycles. The highest BCUT2D eigenvalue weighted by Gasteiger charge is 2.54. The number of nitrogens with one attached hydrogen (secondary N) is 1. The standard InChI is InChI=1S/C14H19N3O3/c1-7-5-10(16-17(7)2)15-13(18)11-8-3-4-9(6-8)12(11)14(19)20/h5,8-9,11-12H,3-4,6H2,1-2H3,(H,19,20)(H,15,16,18)/t8-,9+,11-,12+/m1/s1. The Balaban J connectivity index is 1.77. The molecule has 2 bridgehead atoms. The van der Waals surface area contributed by atoms with Gasteiger partial charge in [-0.25, -0.2) is 0 Å². The maximum absolute atomic E-state index is 12.4. The van der Waals surface area contributed by atoms with E-state index in [0.717, 1.165) is 25.0 Å². The van der Waals surface area contributed by atoms with Gasteiger partial charge in [0.15, 0.2) is 5.82 Å². The molecule has 0 spiro atoms. The maximum atomic E-state index is 12.4. The van der Waals surface area contributed by atoms with Gasteiger partial charge < -0.3 is 10.4 Å². The van der Waals surface area contributed by atoms with Crippen LogP contribution in [0.15, 0.2) is 6.07 Å². The molecule has 1 heterocycles. The Hall–Kier alpha value is -1.85. The summed E-state index contributed by atoms with van der Waals surface area (Å²) in [5, 5.41) is 16.3. The van der Waals surface area contributed by atoms with Crippen LogP contribution in [0.5, 0.6) is 0 Å². The first kappa shape index (κ1) is 13.1.